The quantitative estimate of drug-likeness (QED) is 0.215. The molecule has 0 saturated carbocycles. The van der Waals surface area contributed by atoms with E-state index in [0.29, 0.717) is 5.05 Å². The van der Waals surface area contributed by atoms with Crippen molar-refractivity contribution in [3.8, 4) is 0 Å². The van der Waals surface area contributed by atoms with Crippen molar-refractivity contribution in [2.45, 2.75) is 128 Å². The van der Waals surface area contributed by atoms with Crippen molar-refractivity contribution >= 4 is 17.3 Å². The zero-order chi connectivity index (χ0) is 21.3. The maximum Gasteiger partial charge on any atom is 0.159 e. The van der Waals surface area contributed by atoms with E-state index in [1.165, 1.54) is 77.0 Å². The predicted molar refractivity (Wildman–Crippen MR) is 121 cm³/mol. The van der Waals surface area contributed by atoms with Crippen LogP contribution in [0.25, 0.3) is 0 Å². The highest BCUT2D eigenvalue weighted by atomic mass is 32.1. The topological polar surface area (TPSA) is 79.2 Å². The minimum Gasteiger partial charge on any atom is -0.484 e. The lowest BCUT2D eigenvalue weighted by molar-refractivity contribution is -0.0663. The van der Waals surface area contributed by atoms with Crippen molar-refractivity contribution in [3.63, 3.8) is 0 Å². The van der Waals surface area contributed by atoms with Crippen LogP contribution in [0.3, 0.4) is 0 Å². The van der Waals surface area contributed by atoms with E-state index < -0.39 is 24.4 Å². The second kappa shape index (κ2) is 17.4. The maximum absolute atomic E-state index is 10.00. The molecule has 3 N–H and O–H groups in total. The van der Waals surface area contributed by atoms with Crippen LogP contribution in [0.2, 0.25) is 0 Å². The van der Waals surface area contributed by atoms with E-state index in [2.05, 4.69) is 6.92 Å². The Morgan fingerprint density at radius 1 is 0.897 bits per heavy atom. The van der Waals surface area contributed by atoms with E-state index in [0.717, 1.165) is 19.3 Å². The van der Waals surface area contributed by atoms with Crippen molar-refractivity contribution in [2.24, 2.45) is 0 Å². The normalized spacial score (nSPS) is 22.7. The minimum absolute atomic E-state index is 0.00805. The first-order chi connectivity index (χ1) is 14.1. The van der Waals surface area contributed by atoms with Gasteiger partial charge in [0.15, 0.2) is 5.05 Å². The predicted octanol–water partition coefficient (Wildman–Crippen LogP) is 4.68. The molecule has 0 aromatic heterocycles. The van der Waals surface area contributed by atoms with Crippen molar-refractivity contribution in [1.29, 1.82) is 0 Å². The SMILES string of the molecule is CCCCCCCCCCCCCCCCC(=S)OC[C@@H](O)[C@@H]1OC[C@H](O)[C@@H]1O. The number of rotatable bonds is 18. The average Bonchev–Trinajstić information content (AvgIpc) is 3.05. The van der Waals surface area contributed by atoms with Crippen LogP contribution in [0.15, 0.2) is 0 Å². The van der Waals surface area contributed by atoms with E-state index in [4.69, 9.17) is 21.7 Å². The van der Waals surface area contributed by atoms with Gasteiger partial charge in [0, 0.05) is 6.42 Å². The third-order valence-electron chi connectivity index (χ3n) is 5.72. The van der Waals surface area contributed by atoms with Gasteiger partial charge >= 0.3 is 0 Å². The summed E-state index contributed by atoms with van der Waals surface area (Å²) < 4.78 is 10.6. The molecule has 0 aromatic rings. The van der Waals surface area contributed by atoms with Gasteiger partial charge in [0.2, 0.25) is 0 Å². The average molecular weight is 433 g/mol. The smallest absolute Gasteiger partial charge is 0.159 e. The Hall–Kier alpha value is -0.270. The zero-order valence-electron chi connectivity index (χ0n) is 18.4. The molecule has 29 heavy (non-hydrogen) atoms. The first-order valence-corrected chi connectivity index (χ1v) is 12.3. The van der Waals surface area contributed by atoms with Gasteiger partial charge in [-0.05, 0) is 18.6 Å². The molecule has 172 valence electrons. The van der Waals surface area contributed by atoms with Crippen LogP contribution in [0.1, 0.15) is 103 Å². The van der Waals surface area contributed by atoms with Crippen molar-refractivity contribution in [2.75, 3.05) is 13.2 Å². The van der Waals surface area contributed by atoms with Crippen LogP contribution < -0.4 is 0 Å². The summed E-state index contributed by atoms with van der Waals surface area (Å²) in [4.78, 5) is 0. The highest BCUT2D eigenvalue weighted by molar-refractivity contribution is 7.80. The summed E-state index contributed by atoms with van der Waals surface area (Å²) in [5, 5.41) is 29.6. The Balaban J connectivity index is 1.84. The molecule has 5 nitrogen and oxygen atoms in total. The molecule has 0 unspecified atom stereocenters. The molecule has 1 fully saturated rings. The van der Waals surface area contributed by atoms with Gasteiger partial charge < -0.3 is 24.8 Å². The summed E-state index contributed by atoms with van der Waals surface area (Å²) in [5.74, 6) is 0. The standard InChI is InChI=1S/C23H44O5S/c1-2-3-4-5-6-7-8-9-10-11-12-13-14-15-16-21(29)27-18-20(25)23-22(26)19(24)17-28-23/h19-20,22-26H,2-18H2,1H3/t19-,20+,22-,23-/m0/s1. The van der Waals surface area contributed by atoms with Crippen molar-refractivity contribution < 1.29 is 24.8 Å². The van der Waals surface area contributed by atoms with Crippen molar-refractivity contribution in [3.05, 3.63) is 0 Å². The van der Waals surface area contributed by atoms with E-state index in [-0.39, 0.29) is 13.2 Å². The lowest BCUT2D eigenvalue weighted by Crippen LogP contribution is -2.41. The second-order valence-corrected chi connectivity index (χ2v) is 8.91. The number of thiocarbonyl (C=S) groups is 1. The molecule has 1 aliphatic heterocycles. The van der Waals surface area contributed by atoms with Crippen LogP contribution in [0.5, 0.6) is 0 Å². The molecular formula is C23H44O5S. The highest BCUT2D eigenvalue weighted by Gasteiger charge is 2.39. The van der Waals surface area contributed by atoms with Gasteiger partial charge in [0.05, 0.1) is 6.61 Å². The highest BCUT2D eigenvalue weighted by Crippen LogP contribution is 2.18. The van der Waals surface area contributed by atoms with Crippen LogP contribution in [-0.4, -0.2) is 58.0 Å². The number of hydrogen-bond acceptors (Lipinski definition) is 6. The van der Waals surface area contributed by atoms with Gasteiger partial charge in [-0.15, -0.1) is 0 Å². The molecule has 0 amide bonds. The monoisotopic (exact) mass is 432 g/mol. The largest absolute Gasteiger partial charge is 0.484 e. The van der Waals surface area contributed by atoms with Crippen LogP contribution in [0.4, 0.5) is 0 Å². The number of aliphatic hydroxyl groups excluding tert-OH is 3. The molecule has 1 aliphatic rings. The fraction of sp³-hybridized carbons (Fsp3) is 0.957. The number of unbranched alkanes of at least 4 members (excludes halogenated alkanes) is 13. The molecule has 1 heterocycles. The third-order valence-corrected chi connectivity index (χ3v) is 6.04. The van der Waals surface area contributed by atoms with Crippen molar-refractivity contribution in [1.82, 2.24) is 0 Å². The van der Waals surface area contributed by atoms with Crippen LogP contribution in [-0.2, 0) is 9.47 Å². The minimum atomic E-state index is -1.08. The molecule has 6 heteroatoms. The second-order valence-electron chi connectivity index (χ2n) is 8.45. The van der Waals surface area contributed by atoms with Gasteiger partial charge in [0.1, 0.15) is 31.0 Å². The van der Waals surface area contributed by atoms with E-state index >= 15 is 0 Å². The number of ether oxygens (including phenoxy) is 2. The summed E-state index contributed by atoms with van der Waals surface area (Å²) in [6.45, 7) is 2.29. The number of hydrogen-bond donors (Lipinski definition) is 3. The molecular weight excluding hydrogens is 388 g/mol. The Morgan fingerprint density at radius 3 is 1.83 bits per heavy atom. The summed E-state index contributed by atoms with van der Waals surface area (Å²) in [5.41, 5.74) is 0. The number of aliphatic hydroxyl groups is 3. The zero-order valence-corrected chi connectivity index (χ0v) is 19.2. The fourth-order valence-corrected chi connectivity index (χ4v) is 3.99. The molecule has 0 bridgehead atoms. The lowest BCUT2D eigenvalue weighted by Gasteiger charge is -2.21. The molecule has 0 aliphatic carbocycles. The summed E-state index contributed by atoms with van der Waals surface area (Å²) in [6.07, 6.45) is 15.4. The van der Waals surface area contributed by atoms with E-state index in [9.17, 15) is 15.3 Å². The third kappa shape index (κ3) is 12.9. The molecule has 1 rings (SSSR count). The Kier molecular flexibility index (Phi) is 16.1. The van der Waals surface area contributed by atoms with Crippen LogP contribution in [0, 0.1) is 0 Å². The first kappa shape index (κ1) is 26.8. The summed E-state index contributed by atoms with van der Waals surface area (Å²) >= 11 is 5.21. The van der Waals surface area contributed by atoms with Gasteiger partial charge in [-0.2, -0.15) is 0 Å². The molecule has 1 saturated heterocycles. The maximum atomic E-state index is 10.00. The molecule has 0 spiro atoms. The molecule has 0 aromatic carbocycles. The Labute approximate surface area is 183 Å². The lowest BCUT2D eigenvalue weighted by atomic mass is 10.0. The van der Waals surface area contributed by atoms with E-state index in [1.807, 2.05) is 0 Å². The van der Waals surface area contributed by atoms with Gasteiger partial charge in [0.25, 0.3) is 0 Å². The summed E-state index contributed by atoms with van der Waals surface area (Å²) in [7, 11) is 0. The van der Waals surface area contributed by atoms with Gasteiger partial charge in [-0.1, -0.05) is 90.4 Å². The molecule has 4 atom stereocenters. The Bertz CT molecular complexity index is 407. The first-order valence-electron chi connectivity index (χ1n) is 11.9. The van der Waals surface area contributed by atoms with E-state index in [1.54, 1.807) is 0 Å². The summed E-state index contributed by atoms with van der Waals surface area (Å²) in [6, 6.07) is 0. The Morgan fingerprint density at radius 2 is 1.38 bits per heavy atom. The van der Waals surface area contributed by atoms with Gasteiger partial charge in [-0.3, -0.25) is 0 Å². The van der Waals surface area contributed by atoms with Crippen LogP contribution >= 0.6 is 12.2 Å². The van der Waals surface area contributed by atoms with Gasteiger partial charge in [-0.25, -0.2) is 0 Å². The molecule has 0 radical (unpaired) electrons. The fourth-order valence-electron chi connectivity index (χ4n) is 3.77.